The Morgan fingerprint density at radius 1 is 1.27 bits per heavy atom. The molecular formula is C15H11BrN2O3S. The van der Waals surface area contributed by atoms with E-state index in [0.29, 0.717) is 30.2 Å². The van der Waals surface area contributed by atoms with Crippen LogP contribution in [0.15, 0.2) is 39.2 Å². The van der Waals surface area contributed by atoms with Gasteiger partial charge in [0, 0.05) is 4.47 Å². The molecular weight excluding hydrogens is 368 g/mol. The van der Waals surface area contributed by atoms with E-state index in [1.54, 1.807) is 10.9 Å². The zero-order chi connectivity index (χ0) is 15.1. The lowest BCUT2D eigenvalue weighted by Crippen LogP contribution is -2.21. The van der Waals surface area contributed by atoms with Gasteiger partial charge in [0.25, 0.3) is 5.56 Å². The zero-order valence-corrected chi connectivity index (χ0v) is 13.8. The van der Waals surface area contributed by atoms with Gasteiger partial charge in [-0.1, -0.05) is 15.9 Å². The third-order valence-electron chi connectivity index (χ3n) is 3.49. The van der Waals surface area contributed by atoms with Gasteiger partial charge in [0.2, 0.25) is 0 Å². The smallest absolute Gasteiger partial charge is 0.271 e. The van der Waals surface area contributed by atoms with Crippen LogP contribution in [0.5, 0.6) is 11.5 Å². The maximum atomic E-state index is 12.5. The average molecular weight is 379 g/mol. The van der Waals surface area contributed by atoms with Crippen molar-refractivity contribution in [2.75, 3.05) is 13.2 Å². The van der Waals surface area contributed by atoms with Gasteiger partial charge >= 0.3 is 0 Å². The fourth-order valence-electron chi connectivity index (χ4n) is 2.40. The van der Waals surface area contributed by atoms with Crippen LogP contribution in [-0.2, 0) is 6.54 Å². The Kier molecular flexibility index (Phi) is 3.38. The second-order valence-electron chi connectivity index (χ2n) is 4.90. The van der Waals surface area contributed by atoms with E-state index in [2.05, 4.69) is 20.9 Å². The number of benzene rings is 1. The molecule has 0 saturated carbocycles. The number of aromatic nitrogens is 2. The molecule has 22 heavy (non-hydrogen) atoms. The molecule has 3 heterocycles. The van der Waals surface area contributed by atoms with Crippen LogP contribution in [0.2, 0.25) is 0 Å². The summed E-state index contributed by atoms with van der Waals surface area (Å²) in [6, 6.07) is 5.64. The Balaban J connectivity index is 1.76. The highest BCUT2D eigenvalue weighted by molar-refractivity contribution is 9.10. The highest BCUT2D eigenvalue weighted by atomic mass is 79.9. The number of halogens is 1. The Labute approximate surface area is 138 Å². The summed E-state index contributed by atoms with van der Waals surface area (Å²) in [6.45, 7) is 1.52. The van der Waals surface area contributed by atoms with E-state index in [-0.39, 0.29) is 5.56 Å². The molecule has 0 amide bonds. The molecule has 7 heteroatoms. The minimum atomic E-state index is -0.0261. The number of thiophene rings is 1. The maximum Gasteiger partial charge on any atom is 0.271 e. The maximum absolute atomic E-state index is 12.5. The summed E-state index contributed by atoms with van der Waals surface area (Å²) in [5.41, 5.74) is 1.67. The van der Waals surface area contributed by atoms with Crippen LogP contribution >= 0.6 is 27.3 Å². The minimum absolute atomic E-state index is 0.0261. The van der Waals surface area contributed by atoms with Crippen LogP contribution in [0, 0.1) is 0 Å². The van der Waals surface area contributed by atoms with Crippen molar-refractivity contribution in [1.82, 2.24) is 9.55 Å². The second-order valence-corrected chi connectivity index (χ2v) is 6.67. The van der Waals surface area contributed by atoms with Gasteiger partial charge < -0.3 is 9.47 Å². The number of ether oxygens (including phenoxy) is 2. The van der Waals surface area contributed by atoms with Crippen molar-refractivity contribution >= 4 is 37.5 Å². The first-order valence-electron chi connectivity index (χ1n) is 6.73. The standard InChI is InChI=1S/C15H11BrN2O3S/c16-10-6-13-12(20-2-3-21-13)5-9(10)7-18-8-17-11-1-4-22-14(11)15(18)19/h1,4-6,8H,2-3,7H2. The van der Waals surface area contributed by atoms with E-state index in [1.165, 1.54) is 11.3 Å². The molecule has 0 bridgehead atoms. The van der Waals surface area contributed by atoms with E-state index >= 15 is 0 Å². The second kappa shape index (κ2) is 5.40. The van der Waals surface area contributed by atoms with Gasteiger partial charge in [-0.25, -0.2) is 4.98 Å². The molecule has 1 aliphatic heterocycles. The van der Waals surface area contributed by atoms with Gasteiger partial charge in [-0.15, -0.1) is 11.3 Å². The third-order valence-corrected chi connectivity index (χ3v) is 5.12. The Hall–Kier alpha value is -1.86. The highest BCUT2D eigenvalue weighted by Crippen LogP contribution is 2.35. The minimum Gasteiger partial charge on any atom is -0.486 e. The van der Waals surface area contributed by atoms with Crippen molar-refractivity contribution in [1.29, 1.82) is 0 Å². The molecule has 0 N–H and O–H groups in total. The first-order chi connectivity index (χ1) is 10.7. The molecule has 0 aliphatic carbocycles. The topological polar surface area (TPSA) is 53.4 Å². The van der Waals surface area contributed by atoms with Crippen molar-refractivity contribution in [2.24, 2.45) is 0 Å². The van der Waals surface area contributed by atoms with E-state index in [9.17, 15) is 4.79 Å². The number of hydrogen-bond donors (Lipinski definition) is 0. The van der Waals surface area contributed by atoms with Gasteiger partial charge in [0.15, 0.2) is 11.5 Å². The van der Waals surface area contributed by atoms with Gasteiger partial charge in [0.05, 0.1) is 18.4 Å². The van der Waals surface area contributed by atoms with Crippen LogP contribution in [0.4, 0.5) is 0 Å². The molecule has 1 aromatic carbocycles. The molecule has 112 valence electrons. The van der Waals surface area contributed by atoms with Gasteiger partial charge in [0.1, 0.15) is 17.9 Å². The Morgan fingerprint density at radius 2 is 2.05 bits per heavy atom. The molecule has 1 aliphatic rings. The number of nitrogens with zero attached hydrogens (tertiary/aromatic N) is 2. The lowest BCUT2D eigenvalue weighted by molar-refractivity contribution is 0.171. The highest BCUT2D eigenvalue weighted by Gasteiger charge is 2.16. The predicted octanol–water partition coefficient (Wildman–Crippen LogP) is 3.04. The quantitative estimate of drug-likeness (QED) is 0.687. The fourth-order valence-corrected chi connectivity index (χ4v) is 3.64. The van der Waals surface area contributed by atoms with Crippen molar-refractivity contribution in [3.63, 3.8) is 0 Å². The number of rotatable bonds is 2. The van der Waals surface area contributed by atoms with Crippen molar-refractivity contribution in [3.05, 3.63) is 50.3 Å². The summed E-state index contributed by atoms with van der Waals surface area (Å²) in [6.07, 6.45) is 1.58. The van der Waals surface area contributed by atoms with Gasteiger partial charge in [-0.05, 0) is 29.1 Å². The Bertz CT molecular complexity index is 919. The molecule has 4 rings (SSSR count). The molecule has 0 saturated heterocycles. The molecule has 0 atom stereocenters. The van der Waals surface area contributed by atoms with Gasteiger partial charge in [-0.3, -0.25) is 9.36 Å². The molecule has 0 radical (unpaired) electrons. The van der Waals surface area contributed by atoms with Crippen LogP contribution in [0.25, 0.3) is 10.2 Å². The number of fused-ring (bicyclic) bond motifs is 2. The van der Waals surface area contributed by atoms with Gasteiger partial charge in [-0.2, -0.15) is 0 Å². The summed E-state index contributed by atoms with van der Waals surface area (Å²) >= 11 is 4.94. The predicted molar refractivity (Wildman–Crippen MR) is 88.1 cm³/mol. The van der Waals surface area contributed by atoms with Crippen LogP contribution in [0.1, 0.15) is 5.56 Å². The van der Waals surface area contributed by atoms with E-state index < -0.39 is 0 Å². The largest absolute Gasteiger partial charge is 0.486 e. The van der Waals surface area contributed by atoms with Crippen molar-refractivity contribution in [3.8, 4) is 11.5 Å². The normalized spacial score (nSPS) is 13.5. The van der Waals surface area contributed by atoms with E-state index in [4.69, 9.17) is 9.47 Å². The van der Waals surface area contributed by atoms with Crippen LogP contribution < -0.4 is 15.0 Å². The summed E-state index contributed by atoms with van der Waals surface area (Å²) in [5, 5.41) is 1.88. The molecule has 2 aromatic heterocycles. The van der Waals surface area contributed by atoms with Crippen molar-refractivity contribution in [2.45, 2.75) is 6.54 Å². The first kappa shape index (κ1) is 13.8. The summed E-state index contributed by atoms with van der Waals surface area (Å²) in [7, 11) is 0. The molecule has 0 spiro atoms. The monoisotopic (exact) mass is 378 g/mol. The molecule has 3 aromatic rings. The van der Waals surface area contributed by atoms with E-state index in [0.717, 1.165) is 21.3 Å². The van der Waals surface area contributed by atoms with Crippen LogP contribution in [0.3, 0.4) is 0 Å². The molecule has 0 unspecified atom stereocenters. The molecule has 0 fully saturated rings. The van der Waals surface area contributed by atoms with Crippen molar-refractivity contribution < 1.29 is 9.47 Å². The summed E-state index contributed by atoms with van der Waals surface area (Å²) < 4.78 is 14.3. The lowest BCUT2D eigenvalue weighted by Gasteiger charge is -2.20. The Morgan fingerprint density at radius 3 is 2.86 bits per heavy atom. The first-order valence-corrected chi connectivity index (χ1v) is 8.40. The molecule has 5 nitrogen and oxygen atoms in total. The third kappa shape index (κ3) is 2.30. The number of hydrogen-bond acceptors (Lipinski definition) is 5. The SMILES string of the molecule is O=c1c2sccc2ncn1Cc1cc2c(cc1Br)OCCO2. The summed E-state index contributed by atoms with van der Waals surface area (Å²) in [4.78, 5) is 16.8. The van der Waals surface area contributed by atoms with E-state index in [1.807, 2.05) is 23.6 Å². The average Bonchev–Trinajstić information content (AvgIpc) is 3.00. The van der Waals surface area contributed by atoms with Crippen LogP contribution in [-0.4, -0.2) is 22.8 Å². The lowest BCUT2D eigenvalue weighted by atomic mass is 10.2. The fraction of sp³-hybridized carbons (Fsp3) is 0.200. The zero-order valence-electron chi connectivity index (χ0n) is 11.4. The summed E-state index contributed by atoms with van der Waals surface area (Å²) in [5.74, 6) is 1.43.